The summed E-state index contributed by atoms with van der Waals surface area (Å²) in [5, 5.41) is 0.764. The lowest BCUT2D eigenvalue weighted by Gasteiger charge is -2.40. The number of hydrogen-bond donors (Lipinski definition) is 1. The first-order chi connectivity index (χ1) is 14.6. The summed E-state index contributed by atoms with van der Waals surface area (Å²) in [5.74, 6) is 1.61. The first kappa shape index (κ1) is 21.3. The molecular weight excluding hydrogens is 394 g/mol. The second-order valence-corrected chi connectivity index (χ2v) is 9.45. The Morgan fingerprint density at radius 1 is 1.13 bits per heavy atom. The number of carbonyl (C=O) groups is 1. The fraction of sp³-hybridized carbons (Fsp3) is 0.520. The molecule has 2 N–H and O–H groups in total. The van der Waals surface area contributed by atoms with E-state index in [-0.39, 0.29) is 11.2 Å². The molecule has 1 saturated carbocycles. The Balaban J connectivity index is 1.38. The number of Topliss-reactive ketones (excluding diaryl/α,β-unsaturated/α-hetero) is 1. The Morgan fingerprint density at radius 3 is 2.60 bits per heavy atom. The maximum absolute atomic E-state index is 13.0. The number of pyridine rings is 1. The molecule has 160 valence electrons. The predicted octanol–water partition coefficient (Wildman–Crippen LogP) is 5.39. The second kappa shape index (κ2) is 9.49. The van der Waals surface area contributed by atoms with Gasteiger partial charge in [-0.3, -0.25) is 4.79 Å². The van der Waals surface area contributed by atoms with Crippen LogP contribution in [-0.4, -0.2) is 30.4 Å². The van der Waals surface area contributed by atoms with Crippen LogP contribution in [-0.2, 0) is 5.41 Å². The van der Waals surface area contributed by atoms with Crippen LogP contribution in [0.2, 0.25) is 5.02 Å². The van der Waals surface area contributed by atoms with E-state index in [1.165, 1.54) is 24.8 Å². The lowest BCUT2D eigenvalue weighted by molar-refractivity contribution is 0.0937. The van der Waals surface area contributed by atoms with E-state index in [2.05, 4.69) is 22.0 Å². The second-order valence-electron chi connectivity index (χ2n) is 9.02. The van der Waals surface area contributed by atoms with Crippen molar-refractivity contribution in [3.8, 4) is 0 Å². The molecule has 1 aliphatic carbocycles. The van der Waals surface area contributed by atoms with E-state index >= 15 is 0 Å². The summed E-state index contributed by atoms with van der Waals surface area (Å²) in [6.07, 6.45) is 10.2. The van der Waals surface area contributed by atoms with Gasteiger partial charge in [-0.1, -0.05) is 23.7 Å². The first-order valence-electron chi connectivity index (χ1n) is 11.3. The van der Waals surface area contributed by atoms with Gasteiger partial charge in [0.15, 0.2) is 5.78 Å². The van der Waals surface area contributed by atoms with Gasteiger partial charge in [0, 0.05) is 48.3 Å². The summed E-state index contributed by atoms with van der Waals surface area (Å²) < 4.78 is 0. The highest BCUT2D eigenvalue weighted by atomic mass is 35.5. The zero-order valence-electron chi connectivity index (χ0n) is 17.7. The molecule has 5 heteroatoms. The average Bonchev–Trinajstić information content (AvgIpc) is 2.80. The molecule has 2 aliphatic rings. The van der Waals surface area contributed by atoms with Crippen LogP contribution in [0.25, 0.3) is 0 Å². The third-order valence-electron chi connectivity index (χ3n) is 7.11. The Labute approximate surface area is 184 Å². The molecule has 2 fully saturated rings. The molecule has 1 aromatic carbocycles. The zero-order chi connectivity index (χ0) is 21.0. The van der Waals surface area contributed by atoms with Crippen molar-refractivity contribution in [2.45, 2.75) is 56.8 Å². The van der Waals surface area contributed by atoms with Crippen LogP contribution < -0.4 is 10.6 Å². The van der Waals surface area contributed by atoms with Crippen LogP contribution in [0.3, 0.4) is 0 Å². The van der Waals surface area contributed by atoms with Gasteiger partial charge in [-0.25, -0.2) is 4.98 Å². The van der Waals surface area contributed by atoms with Crippen LogP contribution in [0.4, 0.5) is 5.82 Å². The Bertz CT molecular complexity index is 870. The van der Waals surface area contributed by atoms with Gasteiger partial charge in [0.05, 0.1) is 0 Å². The van der Waals surface area contributed by atoms with E-state index in [4.69, 9.17) is 17.3 Å². The predicted molar refractivity (Wildman–Crippen MR) is 123 cm³/mol. The molecule has 4 nitrogen and oxygen atoms in total. The minimum atomic E-state index is -0.0114. The fourth-order valence-corrected chi connectivity index (χ4v) is 5.32. The van der Waals surface area contributed by atoms with E-state index in [1.54, 1.807) is 6.20 Å². The topological polar surface area (TPSA) is 59.2 Å². The van der Waals surface area contributed by atoms with Gasteiger partial charge in [0.25, 0.3) is 0 Å². The van der Waals surface area contributed by atoms with Crippen LogP contribution in [0.1, 0.15) is 67.3 Å². The van der Waals surface area contributed by atoms with Crippen molar-refractivity contribution in [1.29, 1.82) is 0 Å². The van der Waals surface area contributed by atoms with Gasteiger partial charge in [-0.05, 0) is 80.7 Å². The molecule has 0 unspecified atom stereocenters. The molecule has 0 radical (unpaired) electrons. The quantitative estimate of drug-likeness (QED) is 0.630. The van der Waals surface area contributed by atoms with Crippen molar-refractivity contribution < 1.29 is 4.79 Å². The van der Waals surface area contributed by atoms with Crippen LogP contribution >= 0.6 is 11.6 Å². The number of rotatable bonds is 6. The number of aromatic nitrogens is 1. The minimum absolute atomic E-state index is 0.0114. The van der Waals surface area contributed by atoms with E-state index in [0.29, 0.717) is 18.9 Å². The number of ketones is 1. The molecule has 0 spiro atoms. The molecule has 0 bridgehead atoms. The van der Waals surface area contributed by atoms with Gasteiger partial charge >= 0.3 is 0 Å². The summed E-state index contributed by atoms with van der Waals surface area (Å²) in [4.78, 5) is 19.8. The largest absolute Gasteiger partial charge is 0.357 e. The van der Waals surface area contributed by atoms with E-state index in [9.17, 15) is 4.79 Å². The summed E-state index contributed by atoms with van der Waals surface area (Å²) in [7, 11) is 0. The summed E-state index contributed by atoms with van der Waals surface area (Å²) >= 11 is 6.22. The monoisotopic (exact) mass is 425 g/mol. The fourth-order valence-electron chi connectivity index (χ4n) is 5.13. The standard InChI is InChI=1S/C25H32ClN3O/c26-22-6-4-5-21(17-22)25(18-27)10-7-19(8-11-25)15-23(30)20-9-12-28-24(16-20)29-13-2-1-3-14-29/h4-6,9,12,16-17,19H,1-3,7-8,10-11,13-15,18,27H2. The molecular formula is C25H32ClN3O. The SMILES string of the molecule is NCC1(c2cccc(Cl)c2)CCC(CC(=O)c2ccnc(N3CCCCC3)c2)CC1. The number of halogens is 1. The van der Waals surface area contributed by atoms with Gasteiger partial charge in [-0.2, -0.15) is 0 Å². The van der Waals surface area contributed by atoms with E-state index < -0.39 is 0 Å². The van der Waals surface area contributed by atoms with Gasteiger partial charge < -0.3 is 10.6 Å². The maximum Gasteiger partial charge on any atom is 0.163 e. The number of hydrogen-bond acceptors (Lipinski definition) is 4. The maximum atomic E-state index is 13.0. The molecule has 4 rings (SSSR count). The molecule has 1 saturated heterocycles. The highest BCUT2D eigenvalue weighted by Crippen LogP contribution is 2.42. The highest BCUT2D eigenvalue weighted by molar-refractivity contribution is 6.30. The lowest BCUT2D eigenvalue weighted by Crippen LogP contribution is -2.39. The average molecular weight is 426 g/mol. The lowest BCUT2D eigenvalue weighted by atomic mass is 9.66. The molecule has 1 aromatic heterocycles. The van der Waals surface area contributed by atoms with Crippen molar-refractivity contribution in [2.75, 3.05) is 24.5 Å². The summed E-state index contributed by atoms with van der Waals surface area (Å²) in [6.45, 7) is 2.70. The third-order valence-corrected chi connectivity index (χ3v) is 7.35. The van der Waals surface area contributed by atoms with Crippen LogP contribution in [0.5, 0.6) is 0 Å². The van der Waals surface area contributed by atoms with Gasteiger partial charge in [0.1, 0.15) is 5.82 Å². The molecule has 0 amide bonds. The summed E-state index contributed by atoms with van der Waals surface area (Å²) in [6, 6.07) is 12.0. The van der Waals surface area contributed by atoms with E-state index in [0.717, 1.165) is 55.2 Å². The number of nitrogens with zero attached hydrogens (tertiary/aromatic N) is 2. The molecule has 30 heavy (non-hydrogen) atoms. The van der Waals surface area contributed by atoms with Crippen molar-refractivity contribution in [3.05, 3.63) is 58.7 Å². The number of piperidine rings is 1. The highest BCUT2D eigenvalue weighted by Gasteiger charge is 2.36. The van der Waals surface area contributed by atoms with Crippen molar-refractivity contribution in [3.63, 3.8) is 0 Å². The Hall–Kier alpha value is -1.91. The third kappa shape index (κ3) is 4.70. The number of carbonyl (C=O) groups excluding carboxylic acids is 1. The first-order valence-corrected chi connectivity index (χ1v) is 11.7. The Kier molecular flexibility index (Phi) is 6.74. The van der Waals surface area contributed by atoms with Crippen molar-refractivity contribution >= 4 is 23.2 Å². The number of nitrogens with two attached hydrogens (primary N) is 1. The molecule has 1 aliphatic heterocycles. The smallest absolute Gasteiger partial charge is 0.163 e. The van der Waals surface area contributed by atoms with Crippen LogP contribution in [0.15, 0.2) is 42.6 Å². The van der Waals surface area contributed by atoms with E-state index in [1.807, 2.05) is 24.3 Å². The number of benzene rings is 1. The zero-order valence-corrected chi connectivity index (χ0v) is 18.4. The normalized spacial score (nSPS) is 24.6. The minimum Gasteiger partial charge on any atom is -0.357 e. The van der Waals surface area contributed by atoms with Gasteiger partial charge in [-0.15, -0.1) is 0 Å². The van der Waals surface area contributed by atoms with Crippen LogP contribution in [0, 0.1) is 5.92 Å². The summed E-state index contributed by atoms with van der Waals surface area (Å²) in [5.41, 5.74) is 8.25. The molecule has 2 aromatic rings. The molecule has 0 atom stereocenters. The van der Waals surface area contributed by atoms with Crippen molar-refractivity contribution in [1.82, 2.24) is 4.98 Å². The number of anilines is 1. The van der Waals surface area contributed by atoms with Crippen molar-refractivity contribution in [2.24, 2.45) is 11.7 Å². The molecule has 2 heterocycles. The van der Waals surface area contributed by atoms with Gasteiger partial charge in [0.2, 0.25) is 0 Å². The Morgan fingerprint density at radius 2 is 1.90 bits per heavy atom.